The van der Waals surface area contributed by atoms with Gasteiger partial charge in [-0.25, -0.2) is 0 Å². The van der Waals surface area contributed by atoms with Crippen LogP contribution in [-0.4, -0.2) is 31.1 Å². The van der Waals surface area contributed by atoms with E-state index in [1.807, 2.05) is 37.3 Å². The largest absolute Gasteiger partial charge is 0.461 e. The fraction of sp³-hybridized carbons (Fsp3) is 0.300. The number of nitrogen functional groups attached to an aromatic ring is 1. The van der Waals surface area contributed by atoms with Gasteiger partial charge in [-0.3, -0.25) is 4.98 Å². The summed E-state index contributed by atoms with van der Waals surface area (Å²) < 4.78 is 6.94. The Labute approximate surface area is 162 Å². The van der Waals surface area contributed by atoms with Crippen LogP contribution >= 0.6 is 0 Å². The van der Waals surface area contributed by atoms with Gasteiger partial charge in [-0.2, -0.15) is 14.5 Å². The summed E-state index contributed by atoms with van der Waals surface area (Å²) in [4.78, 5) is 16.1. The molecule has 4 heterocycles. The molecule has 1 aliphatic carbocycles. The minimum Gasteiger partial charge on any atom is -0.461 e. The zero-order valence-electron chi connectivity index (χ0n) is 15.6. The standard InChI is InChI=1S/C20H21N7O/c1-13-4-2-5-15(22-13)12-26(11-14-7-8-14)18-10-17(21)27-20(23-18)24-19(25-27)16-6-3-9-28-16/h2-6,9-10,14H,7-8,11-12,21H2,1H3. The maximum Gasteiger partial charge on any atom is 0.256 e. The van der Waals surface area contributed by atoms with Crippen molar-refractivity contribution in [2.45, 2.75) is 26.3 Å². The number of rotatable bonds is 6. The van der Waals surface area contributed by atoms with Gasteiger partial charge < -0.3 is 15.1 Å². The van der Waals surface area contributed by atoms with E-state index in [0.29, 0.717) is 35.6 Å². The Hall–Kier alpha value is -3.42. The molecule has 0 saturated heterocycles. The van der Waals surface area contributed by atoms with Crippen molar-refractivity contribution in [2.75, 3.05) is 17.2 Å². The second kappa shape index (κ2) is 6.63. The molecule has 0 aromatic carbocycles. The SMILES string of the molecule is Cc1cccc(CN(CC2CC2)c2cc(N)n3nc(-c4ccco4)nc3n2)n1. The van der Waals surface area contributed by atoms with Gasteiger partial charge in [-0.05, 0) is 49.9 Å². The van der Waals surface area contributed by atoms with E-state index in [0.717, 1.165) is 23.8 Å². The number of hydrogen-bond acceptors (Lipinski definition) is 7. The highest BCUT2D eigenvalue weighted by Crippen LogP contribution is 2.32. The van der Waals surface area contributed by atoms with Gasteiger partial charge in [0.05, 0.1) is 18.5 Å². The monoisotopic (exact) mass is 375 g/mol. The van der Waals surface area contributed by atoms with Gasteiger partial charge in [0.15, 0.2) is 5.76 Å². The van der Waals surface area contributed by atoms with Gasteiger partial charge in [0.1, 0.15) is 11.6 Å². The Morgan fingerprint density at radius 1 is 1.18 bits per heavy atom. The zero-order valence-corrected chi connectivity index (χ0v) is 15.6. The van der Waals surface area contributed by atoms with Crippen LogP contribution in [0.4, 0.5) is 11.6 Å². The number of aromatic nitrogens is 5. The Bertz CT molecular complexity index is 1120. The third kappa shape index (κ3) is 3.28. The number of aryl methyl sites for hydroxylation is 1. The highest BCUT2D eigenvalue weighted by atomic mass is 16.3. The summed E-state index contributed by atoms with van der Waals surface area (Å²) in [6.45, 7) is 3.61. The maximum absolute atomic E-state index is 6.27. The van der Waals surface area contributed by atoms with Crippen molar-refractivity contribution in [3.8, 4) is 11.6 Å². The van der Waals surface area contributed by atoms with E-state index < -0.39 is 0 Å². The first-order valence-electron chi connectivity index (χ1n) is 9.40. The number of hydrogen-bond donors (Lipinski definition) is 1. The number of nitrogens with zero attached hydrogens (tertiary/aromatic N) is 6. The Balaban J connectivity index is 1.52. The van der Waals surface area contributed by atoms with Crippen LogP contribution in [0.1, 0.15) is 24.2 Å². The first kappa shape index (κ1) is 16.7. The summed E-state index contributed by atoms with van der Waals surface area (Å²) in [5.74, 6) is 3.49. The van der Waals surface area contributed by atoms with Crippen molar-refractivity contribution in [3.05, 3.63) is 54.0 Å². The van der Waals surface area contributed by atoms with E-state index in [2.05, 4.69) is 20.0 Å². The molecule has 1 saturated carbocycles. The lowest BCUT2D eigenvalue weighted by Crippen LogP contribution is -2.27. The molecule has 28 heavy (non-hydrogen) atoms. The van der Waals surface area contributed by atoms with E-state index in [1.54, 1.807) is 16.8 Å². The number of fused-ring (bicyclic) bond motifs is 1. The smallest absolute Gasteiger partial charge is 0.256 e. The van der Waals surface area contributed by atoms with E-state index >= 15 is 0 Å². The molecule has 4 aromatic heterocycles. The van der Waals surface area contributed by atoms with Crippen LogP contribution in [0, 0.1) is 12.8 Å². The quantitative estimate of drug-likeness (QED) is 0.553. The lowest BCUT2D eigenvalue weighted by Gasteiger charge is -2.23. The molecule has 0 atom stereocenters. The predicted octanol–water partition coefficient (Wildman–Crippen LogP) is 3.09. The van der Waals surface area contributed by atoms with Crippen molar-refractivity contribution >= 4 is 17.4 Å². The summed E-state index contributed by atoms with van der Waals surface area (Å²) in [6.07, 6.45) is 4.10. The Kier molecular flexibility index (Phi) is 3.96. The molecule has 1 aliphatic rings. The number of pyridine rings is 1. The third-order valence-corrected chi connectivity index (χ3v) is 4.87. The molecule has 1 fully saturated rings. The predicted molar refractivity (Wildman–Crippen MR) is 106 cm³/mol. The van der Waals surface area contributed by atoms with Crippen LogP contribution in [0.25, 0.3) is 17.4 Å². The van der Waals surface area contributed by atoms with Crippen LogP contribution < -0.4 is 10.6 Å². The van der Waals surface area contributed by atoms with Crippen molar-refractivity contribution in [2.24, 2.45) is 5.92 Å². The summed E-state index contributed by atoms with van der Waals surface area (Å²) in [6, 6.07) is 11.5. The first-order chi connectivity index (χ1) is 13.7. The molecule has 0 amide bonds. The minimum absolute atomic E-state index is 0.458. The van der Waals surface area contributed by atoms with E-state index in [-0.39, 0.29) is 0 Å². The average Bonchev–Trinajstić information content (AvgIpc) is 3.16. The summed E-state index contributed by atoms with van der Waals surface area (Å²) in [5.41, 5.74) is 8.29. The number of anilines is 2. The summed E-state index contributed by atoms with van der Waals surface area (Å²) in [7, 11) is 0. The van der Waals surface area contributed by atoms with Crippen molar-refractivity contribution in [1.29, 1.82) is 0 Å². The number of furan rings is 1. The Morgan fingerprint density at radius 3 is 2.82 bits per heavy atom. The second-order valence-corrected chi connectivity index (χ2v) is 7.26. The first-order valence-corrected chi connectivity index (χ1v) is 9.40. The molecule has 4 aromatic rings. The minimum atomic E-state index is 0.458. The van der Waals surface area contributed by atoms with Gasteiger partial charge in [0, 0.05) is 18.3 Å². The topological polar surface area (TPSA) is 98.4 Å². The molecule has 0 unspecified atom stereocenters. The van der Waals surface area contributed by atoms with Gasteiger partial charge in [0.2, 0.25) is 5.82 Å². The van der Waals surface area contributed by atoms with Gasteiger partial charge in [-0.1, -0.05) is 6.07 Å². The van der Waals surface area contributed by atoms with E-state index in [1.165, 1.54) is 12.8 Å². The normalized spacial score (nSPS) is 13.9. The molecule has 0 spiro atoms. The lowest BCUT2D eigenvalue weighted by atomic mass is 10.2. The molecule has 0 aliphatic heterocycles. The zero-order chi connectivity index (χ0) is 19.1. The summed E-state index contributed by atoms with van der Waals surface area (Å²) in [5, 5.41) is 4.42. The van der Waals surface area contributed by atoms with E-state index in [4.69, 9.17) is 15.1 Å². The number of nitrogens with two attached hydrogens (primary N) is 1. The maximum atomic E-state index is 6.27. The van der Waals surface area contributed by atoms with Gasteiger partial charge in [-0.15, -0.1) is 5.10 Å². The van der Waals surface area contributed by atoms with Crippen LogP contribution in [0.3, 0.4) is 0 Å². The fourth-order valence-electron chi connectivity index (χ4n) is 3.28. The Morgan fingerprint density at radius 2 is 2.07 bits per heavy atom. The molecule has 0 radical (unpaired) electrons. The highest BCUT2D eigenvalue weighted by Gasteiger charge is 2.26. The third-order valence-electron chi connectivity index (χ3n) is 4.87. The molecule has 8 nitrogen and oxygen atoms in total. The van der Waals surface area contributed by atoms with Crippen molar-refractivity contribution < 1.29 is 4.42 Å². The van der Waals surface area contributed by atoms with Crippen molar-refractivity contribution in [3.63, 3.8) is 0 Å². The highest BCUT2D eigenvalue weighted by molar-refractivity contribution is 5.57. The average molecular weight is 375 g/mol. The molecule has 5 rings (SSSR count). The van der Waals surface area contributed by atoms with Crippen LogP contribution in [-0.2, 0) is 6.54 Å². The summed E-state index contributed by atoms with van der Waals surface area (Å²) >= 11 is 0. The van der Waals surface area contributed by atoms with Crippen LogP contribution in [0.5, 0.6) is 0 Å². The molecule has 2 N–H and O–H groups in total. The van der Waals surface area contributed by atoms with Gasteiger partial charge >= 0.3 is 0 Å². The molecular formula is C20H21N7O. The molecule has 8 heteroatoms. The fourth-order valence-corrected chi connectivity index (χ4v) is 3.28. The lowest BCUT2D eigenvalue weighted by molar-refractivity contribution is 0.577. The van der Waals surface area contributed by atoms with Crippen molar-refractivity contribution in [1.82, 2.24) is 24.6 Å². The van der Waals surface area contributed by atoms with E-state index in [9.17, 15) is 0 Å². The van der Waals surface area contributed by atoms with Crippen LogP contribution in [0.15, 0.2) is 47.1 Å². The molecule has 0 bridgehead atoms. The van der Waals surface area contributed by atoms with Gasteiger partial charge in [0.25, 0.3) is 5.78 Å². The van der Waals surface area contributed by atoms with Crippen LogP contribution in [0.2, 0.25) is 0 Å². The second-order valence-electron chi connectivity index (χ2n) is 7.26. The molecule has 142 valence electrons. The molecular weight excluding hydrogens is 354 g/mol.